The second kappa shape index (κ2) is 61.0. The third-order valence-electron chi connectivity index (χ3n) is 1.79. The number of rotatable bonds is 1. The predicted octanol–water partition coefficient (Wildman–Crippen LogP) is 4.35. The summed E-state index contributed by atoms with van der Waals surface area (Å²) >= 11 is 0. The van der Waals surface area contributed by atoms with Crippen LogP contribution in [0.1, 0.15) is 45.4 Å². The van der Waals surface area contributed by atoms with Crippen molar-refractivity contribution < 1.29 is 49.1 Å². The molecular weight excluding hydrogens is 446 g/mol. The molecule has 0 aromatic rings. The van der Waals surface area contributed by atoms with Gasteiger partial charge in [-0.1, -0.05) is 45.3 Å². The monoisotopic (exact) mass is 481 g/mol. The van der Waals surface area contributed by atoms with Crippen molar-refractivity contribution in [2.45, 2.75) is 52.3 Å². The van der Waals surface area contributed by atoms with Gasteiger partial charge in [0, 0.05) is 67.6 Å². The smallest absolute Gasteiger partial charge is 0.0606 e. The molecule has 0 unspecified atom stereocenters. The van der Waals surface area contributed by atoms with Crippen LogP contribution in [0.15, 0.2) is 0 Å². The summed E-state index contributed by atoms with van der Waals surface area (Å²) in [4.78, 5) is 0. The maximum atomic E-state index is 4.54. The Bertz CT molecular complexity index is 65.0. The van der Waals surface area contributed by atoms with Crippen LogP contribution in [-0.2, 0) is 49.1 Å². The quantitative estimate of drug-likeness (QED) is 0.410. The Morgan fingerprint density at radius 2 is 0.895 bits per heavy atom. The summed E-state index contributed by atoms with van der Waals surface area (Å²) < 4.78 is 8.79. The summed E-state index contributed by atoms with van der Waals surface area (Å²) in [5, 5.41) is 0. The summed E-state index contributed by atoms with van der Waals surface area (Å²) in [6.45, 7) is 4.28. The van der Waals surface area contributed by atoms with E-state index in [4.69, 9.17) is 0 Å². The molecule has 0 aromatic heterocycles. The Labute approximate surface area is 151 Å². The maximum absolute atomic E-state index is 4.54. The van der Waals surface area contributed by atoms with Crippen LogP contribution in [0, 0.1) is 14.9 Å². The van der Waals surface area contributed by atoms with Crippen LogP contribution in [0.5, 0.6) is 0 Å². The van der Waals surface area contributed by atoms with Crippen LogP contribution in [0.4, 0.5) is 0 Å². The number of hydrogen-bond donors (Lipinski definition) is 0. The summed E-state index contributed by atoms with van der Waals surface area (Å²) in [5.41, 5.74) is 0. The van der Waals surface area contributed by atoms with Gasteiger partial charge in [-0.2, -0.15) is 0 Å². The minimum Gasteiger partial charge on any atom is -0.388 e. The SMILES string of the molecule is C1CCCCC1.CCOC.COC.[B]C.[CH3-].[CH3-].[V].[W]. The molecule has 19 heavy (non-hydrogen) atoms. The molecule has 0 aliphatic heterocycles. The molecule has 0 heterocycles. The van der Waals surface area contributed by atoms with E-state index in [9.17, 15) is 0 Å². The predicted molar refractivity (Wildman–Crippen MR) is 82.6 cm³/mol. The van der Waals surface area contributed by atoms with Crippen molar-refractivity contribution in [2.24, 2.45) is 0 Å². The number of ether oxygens (including phenoxy) is 2. The second-order valence-electron chi connectivity index (χ2n) is 3.11. The van der Waals surface area contributed by atoms with Gasteiger partial charge in [0.05, 0.1) is 7.85 Å². The Morgan fingerprint density at radius 3 is 0.947 bits per heavy atom. The molecule has 119 valence electrons. The largest absolute Gasteiger partial charge is 0.388 e. The van der Waals surface area contributed by atoms with Crippen LogP contribution in [-0.4, -0.2) is 35.8 Å². The van der Waals surface area contributed by atoms with Gasteiger partial charge in [-0.05, 0) is 6.92 Å². The second-order valence-corrected chi connectivity index (χ2v) is 3.11. The van der Waals surface area contributed by atoms with Crippen molar-refractivity contribution in [3.63, 3.8) is 0 Å². The average Bonchev–Trinajstić information content (AvgIpc) is 2.35. The molecular formula is C14H35BO2VW-2. The van der Waals surface area contributed by atoms with Crippen molar-refractivity contribution in [3.8, 4) is 0 Å². The van der Waals surface area contributed by atoms with Gasteiger partial charge in [0.1, 0.15) is 0 Å². The van der Waals surface area contributed by atoms with Gasteiger partial charge >= 0.3 is 0 Å². The normalized spacial score (nSPS) is 10.4. The zero-order valence-corrected chi connectivity index (χ0v) is 18.5. The number of methoxy groups -OCH3 is 2. The topological polar surface area (TPSA) is 18.5 Å². The third kappa shape index (κ3) is 84.1. The zero-order chi connectivity index (χ0) is 12.4. The van der Waals surface area contributed by atoms with Crippen molar-refractivity contribution >= 4 is 7.85 Å². The van der Waals surface area contributed by atoms with Crippen molar-refractivity contribution in [1.29, 1.82) is 0 Å². The van der Waals surface area contributed by atoms with E-state index in [2.05, 4.69) is 17.3 Å². The van der Waals surface area contributed by atoms with E-state index < -0.39 is 0 Å². The molecule has 1 saturated carbocycles. The van der Waals surface area contributed by atoms with E-state index in [-0.39, 0.29) is 54.5 Å². The summed E-state index contributed by atoms with van der Waals surface area (Å²) in [6.07, 6.45) is 9.00. The molecule has 2 nitrogen and oxygen atoms in total. The van der Waals surface area contributed by atoms with Crippen LogP contribution >= 0.6 is 0 Å². The van der Waals surface area contributed by atoms with Crippen LogP contribution in [0.25, 0.3) is 0 Å². The standard InChI is InChI=1S/C6H12.C3H8O.C2H6O.CH3B.2CH3.V.W/c1-2-4-6-5-3-1;1-3-4-2;1-3-2;1-2;;;;/h1-6H2;3H2,1-2H3;1-2H3;1H3;2*1H3;;/q;;;;2*-1;;. The molecule has 0 spiro atoms. The van der Waals surface area contributed by atoms with Gasteiger partial charge in [0.25, 0.3) is 0 Å². The van der Waals surface area contributed by atoms with Crippen LogP contribution in [0.3, 0.4) is 0 Å². The Hall–Kier alpha value is 1.26. The molecule has 1 rings (SSSR count). The summed E-state index contributed by atoms with van der Waals surface area (Å²) in [7, 11) is 9.43. The molecule has 1 fully saturated rings. The van der Waals surface area contributed by atoms with E-state index in [1.54, 1.807) is 21.3 Å². The van der Waals surface area contributed by atoms with E-state index in [1.165, 1.54) is 45.3 Å². The van der Waals surface area contributed by atoms with E-state index >= 15 is 0 Å². The van der Waals surface area contributed by atoms with Gasteiger partial charge in [0.15, 0.2) is 0 Å². The minimum atomic E-state index is 0. The van der Waals surface area contributed by atoms with E-state index in [0.717, 1.165) is 6.61 Å². The zero-order valence-electron chi connectivity index (χ0n) is 14.2. The first-order valence-electron chi connectivity index (χ1n) is 5.80. The first-order valence-corrected chi connectivity index (χ1v) is 5.80. The molecule has 3 radical (unpaired) electrons. The average molecular weight is 481 g/mol. The molecule has 0 atom stereocenters. The third-order valence-corrected chi connectivity index (χ3v) is 1.79. The van der Waals surface area contributed by atoms with Gasteiger partial charge in [-0.3, -0.25) is 0 Å². The molecule has 1 aliphatic carbocycles. The Morgan fingerprint density at radius 1 is 0.789 bits per heavy atom. The minimum absolute atomic E-state index is 0. The molecule has 0 bridgehead atoms. The fraction of sp³-hybridized carbons (Fsp3) is 0.857. The number of hydrogen-bond acceptors (Lipinski definition) is 2. The Balaban J connectivity index is -0.0000000203. The van der Waals surface area contributed by atoms with Crippen LogP contribution < -0.4 is 0 Å². The summed E-state index contributed by atoms with van der Waals surface area (Å²) in [6, 6.07) is 0. The van der Waals surface area contributed by atoms with Crippen molar-refractivity contribution in [2.75, 3.05) is 27.9 Å². The first-order chi connectivity index (χ1) is 7.33. The fourth-order valence-electron chi connectivity index (χ4n) is 1.06. The molecule has 0 saturated heterocycles. The van der Waals surface area contributed by atoms with Crippen molar-refractivity contribution in [3.05, 3.63) is 14.9 Å². The van der Waals surface area contributed by atoms with Gasteiger partial charge in [-0.15, -0.1) is 0 Å². The summed E-state index contributed by atoms with van der Waals surface area (Å²) in [5.74, 6) is 0. The van der Waals surface area contributed by atoms with E-state index in [1.807, 2.05) is 6.92 Å². The van der Waals surface area contributed by atoms with E-state index in [0.29, 0.717) is 0 Å². The first kappa shape index (κ1) is 42.7. The molecule has 0 N–H and O–H groups in total. The van der Waals surface area contributed by atoms with Crippen LogP contribution in [0.2, 0.25) is 6.82 Å². The molecule has 1 aliphatic rings. The van der Waals surface area contributed by atoms with Gasteiger partial charge < -0.3 is 24.3 Å². The fourth-order valence-corrected chi connectivity index (χ4v) is 1.06. The molecule has 0 amide bonds. The van der Waals surface area contributed by atoms with Crippen molar-refractivity contribution in [1.82, 2.24) is 0 Å². The molecule has 5 heteroatoms. The molecule has 0 aromatic carbocycles. The van der Waals surface area contributed by atoms with Gasteiger partial charge in [0.2, 0.25) is 0 Å². The Kier molecular flexibility index (Phi) is 137. The van der Waals surface area contributed by atoms with Gasteiger partial charge in [-0.25, -0.2) is 0 Å². The maximum Gasteiger partial charge on any atom is 0.0606 e.